The van der Waals surface area contributed by atoms with Crippen molar-refractivity contribution in [2.45, 2.75) is 39.3 Å². The van der Waals surface area contributed by atoms with Crippen molar-refractivity contribution >= 4 is 17.3 Å². The molecule has 0 radical (unpaired) electrons. The van der Waals surface area contributed by atoms with Crippen molar-refractivity contribution in [2.75, 3.05) is 6.54 Å². The molecular formula is C11H18N2O2S. The zero-order chi connectivity index (χ0) is 12.0. The first-order valence-corrected chi connectivity index (χ1v) is 6.36. The second-order valence-electron chi connectivity index (χ2n) is 4.04. The van der Waals surface area contributed by atoms with E-state index in [1.807, 2.05) is 10.9 Å². The van der Waals surface area contributed by atoms with Crippen molar-refractivity contribution in [3.8, 4) is 0 Å². The predicted molar refractivity (Wildman–Crippen MR) is 64.5 cm³/mol. The number of carboxylic acids is 1. The first-order valence-electron chi connectivity index (χ1n) is 5.42. The van der Waals surface area contributed by atoms with Crippen molar-refractivity contribution in [3.05, 3.63) is 16.6 Å². The van der Waals surface area contributed by atoms with Crippen LogP contribution in [0.2, 0.25) is 0 Å². The SMILES string of the molecule is CC(C)N(CCCC(=O)O)Cc1cscn1. The van der Waals surface area contributed by atoms with Gasteiger partial charge in [-0.3, -0.25) is 9.69 Å². The molecule has 1 heterocycles. The van der Waals surface area contributed by atoms with Crippen LogP contribution in [0.3, 0.4) is 0 Å². The fraction of sp³-hybridized carbons (Fsp3) is 0.636. The van der Waals surface area contributed by atoms with E-state index in [0.29, 0.717) is 12.5 Å². The number of hydrogen-bond acceptors (Lipinski definition) is 4. The molecule has 1 aromatic rings. The fourth-order valence-electron chi connectivity index (χ4n) is 1.48. The van der Waals surface area contributed by atoms with Gasteiger partial charge in [0, 0.05) is 24.4 Å². The predicted octanol–water partition coefficient (Wildman–Crippen LogP) is 2.22. The summed E-state index contributed by atoms with van der Waals surface area (Å²) in [4.78, 5) is 16.9. The van der Waals surface area contributed by atoms with E-state index in [9.17, 15) is 4.79 Å². The van der Waals surface area contributed by atoms with Crippen LogP contribution in [0.5, 0.6) is 0 Å². The largest absolute Gasteiger partial charge is 0.481 e. The van der Waals surface area contributed by atoms with Crippen molar-refractivity contribution in [1.82, 2.24) is 9.88 Å². The van der Waals surface area contributed by atoms with Crippen molar-refractivity contribution in [1.29, 1.82) is 0 Å². The molecule has 0 bridgehead atoms. The highest BCUT2D eigenvalue weighted by atomic mass is 32.1. The van der Waals surface area contributed by atoms with Gasteiger partial charge in [-0.2, -0.15) is 0 Å². The van der Waals surface area contributed by atoms with Crippen LogP contribution in [-0.4, -0.2) is 33.5 Å². The molecule has 90 valence electrons. The molecule has 4 nitrogen and oxygen atoms in total. The lowest BCUT2D eigenvalue weighted by atomic mass is 10.2. The van der Waals surface area contributed by atoms with E-state index in [1.165, 1.54) is 0 Å². The van der Waals surface area contributed by atoms with E-state index in [4.69, 9.17) is 5.11 Å². The van der Waals surface area contributed by atoms with Gasteiger partial charge in [0.25, 0.3) is 0 Å². The third-order valence-corrected chi connectivity index (χ3v) is 3.05. The maximum absolute atomic E-state index is 10.4. The Kier molecular flexibility index (Phi) is 5.42. The molecule has 0 fully saturated rings. The molecule has 0 aliphatic carbocycles. The second kappa shape index (κ2) is 6.60. The minimum atomic E-state index is -0.725. The average molecular weight is 242 g/mol. The Morgan fingerprint density at radius 1 is 1.62 bits per heavy atom. The van der Waals surface area contributed by atoms with Gasteiger partial charge in [-0.25, -0.2) is 4.98 Å². The second-order valence-corrected chi connectivity index (χ2v) is 4.76. The summed E-state index contributed by atoms with van der Waals surface area (Å²) in [5, 5.41) is 10.6. The zero-order valence-electron chi connectivity index (χ0n) is 9.72. The molecule has 0 atom stereocenters. The van der Waals surface area contributed by atoms with Crippen LogP contribution in [0.25, 0.3) is 0 Å². The van der Waals surface area contributed by atoms with Gasteiger partial charge in [0.15, 0.2) is 0 Å². The van der Waals surface area contributed by atoms with Crippen molar-refractivity contribution < 1.29 is 9.90 Å². The van der Waals surface area contributed by atoms with Crippen molar-refractivity contribution in [2.24, 2.45) is 0 Å². The maximum Gasteiger partial charge on any atom is 0.303 e. The molecule has 0 aliphatic heterocycles. The molecule has 1 N–H and O–H groups in total. The molecule has 5 heteroatoms. The van der Waals surface area contributed by atoms with Crippen LogP contribution in [0, 0.1) is 0 Å². The highest BCUT2D eigenvalue weighted by Crippen LogP contribution is 2.09. The van der Waals surface area contributed by atoms with E-state index in [-0.39, 0.29) is 6.42 Å². The Hall–Kier alpha value is -0.940. The molecule has 0 saturated carbocycles. The standard InChI is InChI=1S/C11H18N2O2S/c1-9(2)13(5-3-4-11(14)15)6-10-7-16-8-12-10/h7-9H,3-6H2,1-2H3,(H,14,15). The van der Waals surface area contributed by atoms with Gasteiger partial charge >= 0.3 is 5.97 Å². The summed E-state index contributed by atoms with van der Waals surface area (Å²) in [6.07, 6.45) is 0.929. The van der Waals surface area contributed by atoms with Gasteiger partial charge in [-0.05, 0) is 26.8 Å². The fourth-order valence-corrected chi connectivity index (χ4v) is 2.03. The third-order valence-electron chi connectivity index (χ3n) is 2.41. The smallest absolute Gasteiger partial charge is 0.303 e. The summed E-state index contributed by atoms with van der Waals surface area (Å²) in [5.41, 5.74) is 2.89. The average Bonchev–Trinajstić information content (AvgIpc) is 2.68. The number of carboxylic acid groups (broad SMARTS) is 1. The number of aliphatic carboxylic acids is 1. The van der Waals surface area contributed by atoms with Crippen LogP contribution < -0.4 is 0 Å². The molecule has 0 amide bonds. The number of aromatic nitrogens is 1. The quantitative estimate of drug-likeness (QED) is 0.796. The molecule has 0 saturated heterocycles. The van der Waals surface area contributed by atoms with Crippen LogP contribution in [0.4, 0.5) is 0 Å². The summed E-state index contributed by atoms with van der Waals surface area (Å²) >= 11 is 1.59. The van der Waals surface area contributed by atoms with Gasteiger partial charge in [0.1, 0.15) is 0 Å². The lowest BCUT2D eigenvalue weighted by Crippen LogP contribution is -2.31. The first-order chi connectivity index (χ1) is 7.59. The first kappa shape index (κ1) is 13.1. The van der Waals surface area contributed by atoms with E-state index in [2.05, 4.69) is 23.7 Å². The highest BCUT2D eigenvalue weighted by Gasteiger charge is 2.11. The Labute approximate surface area is 99.9 Å². The molecule has 0 aliphatic rings. The monoisotopic (exact) mass is 242 g/mol. The third kappa shape index (κ3) is 4.72. The Balaban J connectivity index is 2.39. The van der Waals surface area contributed by atoms with E-state index >= 15 is 0 Å². The molecule has 1 rings (SSSR count). The van der Waals surface area contributed by atoms with Crippen LogP contribution in [-0.2, 0) is 11.3 Å². The van der Waals surface area contributed by atoms with E-state index in [1.54, 1.807) is 11.3 Å². The zero-order valence-corrected chi connectivity index (χ0v) is 10.5. The number of thiazole rings is 1. The molecule has 1 aromatic heterocycles. The normalized spacial score (nSPS) is 11.2. The number of nitrogens with zero attached hydrogens (tertiary/aromatic N) is 2. The van der Waals surface area contributed by atoms with Crippen molar-refractivity contribution in [3.63, 3.8) is 0 Å². The highest BCUT2D eigenvalue weighted by molar-refractivity contribution is 7.07. The molecule has 16 heavy (non-hydrogen) atoms. The minimum absolute atomic E-state index is 0.236. The molecule has 0 unspecified atom stereocenters. The Morgan fingerprint density at radius 2 is 2.38 bits per heavy atom. The van der Waals surface area contributed by atoms with Gasteiger partial charge in [0.2, 0.25) is 0 Å². The van der Waals surface area contributed by atoms with E-state index in [0.717, 1.165) is 18.8 Å². The minimum Gasteiger partial charge on any atom is -0.481 e. The van der Waals surface area contributed by atoms with Gasteiger partial charge < -0.3 is 5.11 Å². The summed E-state index contributed by atoms with van der Waals surface area (Å²) in [6, 6.07) is 0.412. The summed E-state index contributed by atoms with van der Waals surface area (Å²) < 4.78 is 0. The van der Waals surface area contributed by atoms with E-state index < -0.39 is 5.97 Å². The van der Waals surface area contributed by atoms with Gasteiger partial charge in [-0.15, -0.1) is 11.3 Å². The lowest BCUT2D eigenvalue weighted by Gasteiger charge is -2.25. The number of carbonyl (C=O) groups is 1. The molecule has 0 aromatic carbocycles. The number of hydrogen-bond donors (Lipinski definition) is 1. The summed E-state index contributed by atoms with van der Waals surface area (Å²) in [6.45, 7) is 5.85. The molecular weight excluding hydrogens is 224 g/mol. The van der Waals surface area contributed by atoms with Crippen LogP contribution >= 0.6 is 11.3 Å². The molecule has 0 spiro atoms. The number of rotatable bonds is 7. The maximum atomic E-state index is 10.4. The van der Waals surface area contributed by atoms with Crippen LogP contribution in [0.1, 0.15) is 32.4 Å². The Bertz CT molecular complexity index is 312. The topological polar surface area (TPSA) is 53.4 Å². The summed E-state index contributed by atoms with van der Waals surface area (Å²) in [7, 11) is 0. The van der Waals surface area contributed by atoms with Gasteiger partial charge in [-0.1, -0.05) is 0 Å². The van der Waals surface area contributed by atoms with Gasteiger partial charge in [0.05, 0.1) is 11.2 Å². The summed E-state index contributed by atoms with van der Waals surface area (Å²) in [5.74, 6) is -0.725. The lowest BCUT2D eigenvalue weighted by molar-refractivity contribution is -0.137. The van der Waals surface area contributed by atoms with Crippen LogP contribution in [0.15, 0.2) is 10.9 Å². The Morgan fingerprint density at radius 3 is 2.88 bits per heavy atom.